The molecular formula is C25H19Cl2N3O3. The number of phenols is 2. The average molecular weight is 480 g/mol. The predicted octanol–water partition coefficient (Wildman–Crippen LogP) is 6.02. The van der Waals surface area contributed by atoms with E-state index < -0.39 is 5.91 Å². The molecule has 2 N–H and O–H groups in total. The molecule has 0 aliphatic heterocycles. The molecule has 3 aromatic carbocycles. The average Bonchev–Trinajstić information content (AvgIpc) is 2.80. The van der Waals surface area contributed by atoms with Gasteiger partial charge in [-0.25, -0.2) is 9.97 Å². The minimum atomic E-state index is -0.409. The Hall–Kier alpha value is -3.61. The lowest BCUT2D eigenvalue weighted by Crippen LogP contribution is -2.30. The van der Waals surface area contributed by atoms with Gasteiger partial charge in [0.15, 0.2) is 0 Å². The number of anilines is 1. The summed E-state index contributed by atoms with van der Waals surface area (Å²) < 4.78 is 0. The third kappa shape index (κ3) is 4.92. The molecule has 33 heavy (non-hydrogen) atoms. The smallest absolute Gasteiger partial charge is 0.262 e. The number of carbonyl (C=O) groups is 1. The third-order valence-corrected chi connectivity index (χ3v) is 5.69. The Morgan fingerprint density at radius 1 is 0.939 bits per heavy atom. The predicted molar refractivity (Wildman–Crippen MR) is 129 cm³/mol. The summed E-state index contributed by atoms with van der Waals surface area (Å²) in [5, 5.41) is 20.2. The summed E-state index contributed by atoms with van der Waals surface area (Å²) in [6.07, 6.45) is 0. The molecule has 0 atom stereocenters. The molecule has 0 fully saturated rings. The second kappa shape index (κ2) is 9.48. The molecule has 0 saturated heterocycles. The quantitative estimate of drug-likeness (QED) is 0.270. The molecule has 0 bridgehead atoms. The molecule has 0 saturated carbocycles. The highest BCUT2D eigenvalue weighted by Gasteiger charge is 2.22. The summed E-state index contributed by atoms with van der Waals surface area (Å²) in [5.74, 6) is -0.829. The SMILES string of the molecule is Cc1c(Cl)nc(Cl)nc1-c1ccc(N(Cc2ccccc2)C(=O)c2ccc(O)cc2O)cc1. The molecule has 0 unspecified atom stereocenters. The summed E-state index contributed by atoms with van der Waals surface area (Å²) in [7, 11) is 0. The lowest BCUT2D eigenvalue weighted by Gasteiger charge is -2.24. The molecule has 8 heteroatoms. The van der Waals surface area contributed by atoms with Gasteiger partial charge in [0, 0.05) is 22.9 Å². The normalized spacial score (nSPS) is 10.8. The zero-order chi connectivity index (χ0) is 23.5. The first kappa shape index (κ1) is 22.6. The Morgan fingerprint density at radius 2 is 1.64 bits per heavy atom. The molecule has 1 aromatic heterocycles. The van der Waals surface area contributed by atoms with Gasteiger partial charge in [-0.2, -0.15) is 0 Å². The van der Waals surface area contributed by atoms with Crippen molar-refractivity contribution in [1.82, 2.24) is 9.97 Å². The number of hydrogen-bond donors (Lipinski definition) is 2. The van der Waals surface area contributed by atoms with Gasteiger partial charge in [0.2, 0.25) is 5.28 Å². The van der Waals surface area contributed by atoms with E-state index in [0.29, 0.717) is 16.9 Å². The Bertz CT molecular complexity index is 1310. The topological polar surface area (TPSA) is 86.6 Å². The van der Waals surface area contributed by atoms with Crippen molar-refractivity contribution < 1.29 is 15.0 Å². The van der Waals surface area contributed by atoms with E-state index in [-0.39, 0.29) is 34.0 Å². The molecule has 1 heterocycles. The molecule has 4 rings (SSSR count). The van der Waals surface area contributed by atoms with E-state index in [2.05, 4.69) is 9.97 Å². The van der Waals surface area contributed by atoms with Crippen LogP contribution in [-0.4, -0.2) is 26.1 Å². The number of rotatable bonds is 5. The zero-order valence-corrected chi connectivity index (χ0v) is 19.0. The fraction of sp³-hybridized carbons (Fsp3) is 0.0800. The number of aromatic hydroxyl groups is 2. The summed E-state index contributed by atoms with van der Waals surface area (Å²) in [4.78, 5) is 23.2. The first-order valence-corrected chi connectivity index (χ1v) is 10.8. The van der Waals surface area contributed by atoms with Crippen molar-refractivity contribution in [3.05, 3.63) is 99.9 Å². The van der Waals surface area contributed by atoms with Crippen molar-refractivity contribution in [1.29, 1.82) is 0 Å². The van der Waals surface area contributed by atoms with Crippen LogP contribution >= 0.6 is 23.2 Å². The van der Waals surface area contributed by atoms with Crippen molar-refractivity contribution in [3.63, 3.8) is 0 Å². The number of halogens is 2. The Morgan fingerprint density at radius 3 is 2.30 bits per heavy atom. The zero-order valence-electron chi connectivity index (χ0n) is 17.5. The van der Waals surface area contributed by atoms with Crippen LogP contribution in [0, 0.1) is 6.92 Å². The van der Waals surface area contributed by atoms with E-state index in [4.69, 9.17) is 23.2 Å². The van der Waals surface area contributed by atoms with E-state index in [1.165, 1.54) is 12.1 Å². The Kier molecular flexibility index (Phi) is 6.49. The highest BCUT2D eigenvalue weighted by atomic mass is 35.5. The number of aromatic nitrogens is 2. The maximum absolute atomic E-state index is 13.4. The Labute approximate surface area is 200 Å². The molecule has 0 aliphatic rings. The lowest BCUT2D eigenvalue weighted by atomic mass is 10.1. The lowest BCUT2D eigenvalue weighted by molar-refractivity contribution is 0.0982. The van der Waals surface area contributed by atoms with E-state index in [1.54, 1.807) is 24.0 Å². The molecular weight excluding hydrogens is 461 g/mol. The standard InChI is InChI=1S/C25H19Cl2N3O3/c1-15-22(28-25(27)29-23(15)26)17-7-9-18(10-8-17)30(14-16-5-3-2-4-6-16)24(33)20-12-11-19(31)13-21(20)32/h2-13,31-32H,14H2,1H3. The van der Waals surface area contributed by atoms with Gasteiger partial charge in [0.1, 0.15) is 16.7 Å². The van der Waals surface area contributed by atoms with Crippen LogP contribution in [0.15, 0.2) is 72.8 Å². The van der Waals surface area contributed by atoms with E-state index in [1.807, 2.05) is 42.5 Å². The van der Waals surface area contributed by atoms with Gasteiger partial charge in [-0.05, 0) is 48.4 Å². The Balaban J connectivity index is 1.73. The van der Waals surface area contributed by atoms with Crippen molar-refractivity contribution in [2.24, 2.45) is 0 Å². The van der Waals surface area contributed by atoms with Crippen molar-refractivity contribution in [2.75, 3.05) is 4.90 Å². The van der Waals surface area contributed by atoms with E-state index in [0.717, 1.165) is 17.2 Å². The number of nitrogens with zero attached hydrogens (tertiary/aromatic N) is 3. The fourth-order valence-electron chi connectivity index (χ4n) is 3.44. The van der Waals surface area contributed by atoms with Crippen molar-refractivity contribution in [3.8, 4) is 22.8 Å². The van der Waals surface area contributed by atoms with Gasteiger partial charge in [0.05, 0.1) is 17.8 Å². The molecule has 0 aliphatic carbocycles. The highest BCUT2D eigenvalue weighted by molar-refractivity contribution is 6.32. The first-order chi connectivity index (χ1) is 15.8. The first-order valence-electron chi connectivity index (χ1n) is 10.0. The van der Waals surface area contributed by atoms with Crippen LogP contribution in [0.1, 0.15) is 21.5 Å². The van der Waals surface area contributed by atoms with Crippen LogP contribution in [0.2, 0.25) is 10.4 Å². The van der Waals surface area contributed by atoms with Gasteiger partial charge >= 0.3 is 0 Å². The maximum Gasteiger partial charge on any atom is 0.262 e. The van der Waals surface area contributed by atoms with Gasteiger partial charge in [-0.1, -0.05) is 54.1 Å². The van der Waals surface area contributed by atoms with E-state index in [9.17, 15) is 15.0 Å². The number of amides is 1. The second-order valence-electron chi connectivity index (χ2n) is 7.38. The second-order valence-corrected chi connectivity index (χ2v) is 8.08. The monoisotopic (exact) mass is 479 g/mol. The molecule has 4 aromatic rings. The summed E-state index contributed by atoms with van der Waals surface area (Å²) in [5.41, 5.74) is 3.67. The number of hydrogen-bond acceptors (Lipinski definition) is 5. The number of phenolic OH excluding ortho intramolecular Hbond substituents is 2. The van der Waals surface area contributed by atoms with Crippen LogP contribution < -0.4 is 4.90 Å². The summed E-state index contributed by atoms with van der Waals surface area (Å²) in [6.45, 7) is 2.09. The molecule has 0 radical (unpaired) electrons. The van der Waals surface area contributed by atoms with Crippen molar-refractivity contribution >= 4 is 34.8 Å². The van der Waals surface area contributed by atoms with Gasteiger partial charge in [0.25, 0.3) is 5.91 Å². The maximum atomic E-state index is 13.4. The molecule has 166 valence electrons. The van der Waals surface area contributed by atoms with Crippen LogP contribution in [0.3, 0.4) is 0 Å². The molecule has 6 nitrogen and oxygen atoms in total. The highest BCUT2D eigenvalue weighted by Crippen LogP contribution is 2.31. The van der Waals surface area contributed by atoms with Gasteiger partial charge < -0.3 is 15.1 Å². The number of benzene rings is 3. The summed E-state index contributed by atoms with van der Waals surface area (Å²) in [6, 6.07) is 20.6. The third-order valence-electron chi connectivity index (χ3n) is 5.15. The van der Waals surface area contributed by atoms with Crippen LogP contribution in [0.5, 0.6) is 11.5 Å². The summed E-state index contributed by atoms with van der Waals surface area (Å²) >= 11 is 12.1. The van der Waals surface area contributed by atoms with Crippen LogP contribution in [0.25, 0.3) is 11.3 Å². The van der Waals surface area contributed by atoms with Gasteiger partial charge in [-0.15, -0.1) is 0 Å². The van der Waals surface area contributed by atoms with E-state index >= 15 is 0 Å². The van der Waals surface area contributed by atoms with Crippen LogP contribution in [-0.2, 0) is 6.54 Å². The molecule has 1 amide bonds. The van der Waals surface area contributed by atoms with Gasteiger partial charge in [-0.3, -0.25) is 4.79 Å². The minimum Gasteiger partial charge on any atom is -0.508 e. The fourth-order valence-corrected chi connectivity index (χ4v) is 3.82. The minimum absolute atomic E-state index is 0.0494. The van der Waals surface area contributed by atoms with Crippen LogP contribution in [0.4, 0.5) is 5.69 Å². The molecule has 0 spiro atoms. The number of carbonyl (C=O) groups excluding carboxylic acids is 1. The van der Waals surface area contributed by atoms with Crippen molar-refractivity contribution in [2.45, 2.75) is 13.5 Å². The largest absolute Gasteiger partial charge is 0.508 e.